The summed E-state index contributed by atoms with van der Waals surface area (Å²) in [6.45, 7) is 1.97. The van der Waals surface area contributed by atoms with Crippen molar-refractivity contribution in [2.75, 3.05) is 0 Å². The van der Waals surface area contributed by atoms with Crippen LogP contribution < -0.4 is 11.3 Å². The SMILES string of the molecule is Cc1ccnc(C(Cc2cc(Cl)ccc2F)NN)c1. The lowest BCUT2D eigenvalue weighted by atomic mass is 10.0. The molecular formula is C14H15ClFN3. The Hall–Kier alpha value is -1.49. The van der Waals surface area contributed by atoms with Gasteiger partial charge < -0.3 is 0 Å². The van der Waals surface area contributed by atoms with E-state index < -0.39 is 0 Å². The summed E-state index contributed by atoms with van der Waals surface area (Å²) in [6, 6.07) is 8.06. The molecule has 0 saturated carbocycles. The van der Waals surface area contributed by atoms with Gasteiger partial charge in [-0.2, -0.15) is 0 Å². The molecule has 0 aliphatic rings. The van der Waals surface area contributed by atoms with Crippen LogP contribution in [0.4, 0.5) is 4.39 Å². The third kappa shape index (κ3) is 3.50. The van der Waals surface area contributed by atoms with Gasteiger partial charge in [0.05, 0.1) is 11.7 Å². The quantitative estimate of drug-likeness (QED) is 0.668. The van der Waals surface area contributed by atoms with Crippen LogP contribution in [-0.4, -0.2) is 4.98 Å². The van der Waals surface area contributed by atoms with Crippen molar-refractivity contribution >= 4 is 11.6 Å². The molecule has 3 nitrogen and oxygen atoms in total. The number of benzene rings is 1. The fourth-order valence-electron chi connectivity index (χ4n) is 1.92. The molecule has 0 fully saturated rings. The molecule has 100 valence electrons. The van der Waals surface area contributed by atoms with E-state index >= 15 is 0 Å². The maximum Gasteiger partial charge on any atom is 0.126 e. The monoisotopic (exact) mass is 279 g/mol. The van der Waals surface area contributed by atoms with E-state index in [2.05, 4.69) is 10.4 Å². The average molecular weight is 280 g/mol. The van der Waals surface area contributed by atoms with E-state index in [4.69, 9.17) is 17.4 Å². The number of nitrogens with two attached hydrogens (primary N) is 1. The van der Waals surface area contributed by atoms with Crippen molar-refractivity contribution in [2.45, 2.75) is 19.4 Å². The molecule has 0 bridgehead atoms. The first-order valence-electron chi connectivity index (χ1n) is 5.92. The van der Waals surface area contributed by atoms with Crippen molar-refractivity contribution in [2.24, 2.45) is 5.84 Å². The minimum atomic E-state index is -0.294. The second-order valence-electron chi connectivity index (χ2n) is 4.42. The highest BCUT2D eigenvalue weighted by Gasteiger charge is 2.15. The van der Waals surface area contributed by atoms with Gasteiger partial charge in [0, 0.05) is 11.2 Å². The lowest BCUT2D eigenvalue weighted by Crippen LogP contribution is -2.30. The first kappa shape index (κ1) is 13.9. The van der Waals surface area contributed by atoms with E-state index in [0.29, 0.717) is 17.0 Å². The minimum Gasteiger partial charge on any atom is -0.271 e. The number of aromatic nitrogens is 1. The second-order valence-corrected chi connectivity index (χ2v) is 4.85. The molecular weight excluding hydrogens is 265 g/mol. The summed E-state index contributed by atoms with van der Waals surface area (Å²) >= 11 is 5.88. The van der Waals surface area contributed by atoms with Gasteiger partial charge in [0.2, 0.25) is 0 Å². The molecule has 1 aromatic carbocycles. The molecule has 0 saturated heterocycles. The summed E-state index contributed by atoms with van der Waals surface area (Å²) in [5.41, 5.74) is 5.04. The molecule has 0 spiro atoms. The van der Waals surface area contributed by atoms with Crippen molar-refractivity contribution in [1.82, 2.24) is 10.4 Å². The lowest BCUT2D eigenvalue weighted by Gasteiger charge is -2.16. The number of halogens is 2. The number of pyridine rings is 1. The van der Waals surface area contributed by atoms with E-state index in [9.17, 15) is 4.39 Å². The van der Waals surface area contributed by atoms with Crippen LogP contribution in [0.2, 0.25) is 5.02 Å². The molecule has 0 aliphatic heterocycles. The number of nitrogens with one attached hydrogen (secondary N) is 1. The average Bonchev–Trinajstić information content (AvgIpc) is 2.39. The highest BCUT2D eigenvalue weighted by atomic mass is 35.5. The Morgan fingerprint density at radius 1 is 1.37 bits per heavy atom. The molecule has 1 aromatic heterocycles. The van der Waals surface area contributed by atoms with Gasteiger partial charge in [0.1, 0.15) is 5.82 Å². The van der Waals surface area contributed by atoms with Gasteiger partial charge in [-0.15, -0.1) is 0 Å². The molecule has 3 N–H and O–H groups in total. The summed E-state index contributed by atoms with van der Waals surface area (Å²) in [5.74, 6) is 5.25. The van der Waals surface area contributed by atoms with Crippen LogP contribution in [0.5, 0.6) is 0 Å². The van der Waals surface area contributed by atoms with Crippen LogP contribution >= 0.6 is 11.6 Å². The number of hydrogen-bond acceptors (Lipinski definition) is 3. The van der Waals surface area contributed by atoms with Gasteiger partial charge >= 0.3 is 0 Å². The van der Waals surface area contributed by atoms with Gasteiger partial charge in [0.15, 0.2) is 0 Å². The maximum absolute atomic E-state index is 13.7. The summed E-state index contributed by atoms with van der Waals surface area (Å²) in [5, 5.41) is 0.504. The van der Waals surface area contributed by atoms with Gasteiger partial charge in [-0.25, -0.2) is 4.39 Å². The molecule has 1 unspecified atom stereocenters. The molecule has 0 aliphatic carbocycles. The lowest BCUT2D eigenvalue weighted by molar-refractivity contribution is 0.518. The molecule has 19 heavy (non-hydrogen) atoms. The number of aryl methyl sites for hydroxylation is 1. The normalized spacial score (nSPS) is 12.4. The van der Waals surface area contributed by atoms with Crippen LogP contribution in [-0.2, 0) is 6.42 Å². The fraction of sp³-hybridized carbons (Fsp3) is 0.214. The van der Waals surface area contributed by atoms with Crippen LogP contribution in [0, 0.1) is 12.7 Å². The van der Waals surface area contributed by atoms with Gasteiger partial charge in [-0.05, 0) is 54.8 Å². The Labute approximate surface area is 116 Å². The molecule has 2 rings (SSSR count). The van der Waals surface area contributed by atoms with Crippen LogP contribution in [0.1, 0.15) is 22.9 Å². The molecule has 0 amide bonds. The first-order valence-corrected chi connectivity index (χ1v) is 6.30. The van der Waals surface area contributed by atoms with E-state index in [1.807, 2.05) is 19.1 Å². The molecule has 0 radical (unpaired) electrons. The minimum absolute atomic E-state index is 0.257. The number of rotatable bonds is 4. The number of hydrazine groups is 1. The summed E-state index contributed by atoms with van der Waals surface area (Å²) in [4.78, 5) is 4.26. The first-order chi connectivity index (χ1) is 9.10. The third-order valence-electron chi connectivity index (χ3n) is 2.93. The van der Waals surface area contributed by atoms with Gasteiger partial charge in [-0.3, -0.25) is 16.3 Å². The predicted molar refractivity (Wildman–Crippen MR) is 74.2 cm³/mol. The van der Waals surface area contributed by atoms with Crippen LogP contribution in [0.25, 0.3) is 0 Å². The topological polar surface area (TPSA) is 50.9 Å². The molecule has 1 atom stereocenters. The molecule has 2 aromatic rings. The van der Waals surface area contributed by atoms with E-state index in [-0.39, 0.29) is 11.9 Å². The zero-order valence-electron chi connectivity index (χ0n) is 10.5. The van der Waals surface area contributed by atoms with Crippen molar-refractivity contribution in [3.63, 3.8) is 0 Å². The fourth-order valence-corrected chi connectivity index (χ4v) is 2.11. The van der Waals surface area contributed by atoms with Crippen molar-refractivity contribution in [1.29, 1.82) is 0 Å². The Morgan fingerprint density at radius 3 is 2.84 bits per heavy atom. The second kappa shape index (κ2) is 6.10. The smallest absolute Gasteiger partial charge is 0.126 e. The molecule has 5 heteroatoms. The van der Waals surface area contributed by atoms with Crippen LogP contribution in [0.3, 0.4) is 0 Å². The number of hydrogen-bond donors (Lipinski definition) is 2. The zero-order chi connectivity index (χ0) is 13.8. The Morgan fingerprint density at radius 2 is 2.16 bits per heavy atom. The van der Waals surface area contributed by atoms with Crippen molar-refractivity contribution in [3.8, 4) is 0 Å². The summed E-state index contributed by atoms with van der Waals surface area (Å²) < 4.78 is 13.7. The third-order valence-corrected chi connectivity index (χ3v) is 3.16. The van der Waals surface area contributed by atoms with Gasteiger partial charge in [0.25, 0.3) is 0 Å². The highest BCUT2D eigenvalue weighted by molar-refractivity contribution is 6.30. The van der Waals surface area contributed by atoms with E-state index in [1.165, 1.54) is 12.1 Å². The maximum atomic E-state index is 13.7. The van der Waals surface area contributed by atoms with Crippen molar-refractivity contribution < 1.29 is 4.39 Å². The zero-order valence-corrected chi connectivity index (χ0v) is 11.3. The van der Waals surface area contributed by atoms with E-state index in [1.54, 1.807) is 12.3 Å². The molecule has 1 heterocycles. The Bertz CT molecular complexity index is 574. The summed E-state index contributed by atoms with van der Waals surface area (Å²) in [7, 11) is 0. The Kier molecular flexibility index (Phi) is 4.47. The highest BCUT2D eigenvalue weighted by Crippen LogP contribution is 2.21. The van der Waals surface area contributed by atoms with Crippen LogP contribution in [0.15, 0.2) is 36.5 Å². The predicted octanol–water partition coefficient (Wildman–Crippen LogP) is 2.93. The standard InChI is InChI=1S/C14H15ClFN3/c1-9-4-5-18-13(6-9)14(19-17)8-10-7-11(15)2-3-12(10)16/h2-7,14,19H,8,17H2,1H3. The largest absolute Gasteiger partial charge is 0.271 e. The number of nitrogens with zero attached hydrogens (tertiary/aromatic N) is 1. The van der Waals surface area contributed by atoms with Crippen molar-refractivity contribution in [3.05, 3.63) is 64.2 Å². The van der Waals surface area contributed by atoms with Gasteiger partial charge in [-0.1, -0.05) is 11.6 Å². The summed E-state index contributed by atoms with van der Waals surface area (Å²) in [6.07, 6.45) is 2.10. The Balaban J connectivity index is 2.26. The van der Waals surface area contributed by atoms with E-state index in [0.717, 1.165) is 11.3 Å².